The summed E-state index contributed by atoms with van der Waals surface area (Å²) >= 11 is 0. The standard InChI is InChI=1S/C20H21FN2O3S/c1-2-12-22-27(25,26)18-6-3-5-16(14-18)20(24)23-13-4-7-19(23)15-8-10-17(21)11-9-15/h2-3,5-6,8-11,14,19,22H,1,4,7,12-13H2. The van der Waals surface area contributed by atoms with Gasteiger partial charge in [0.15, 0.2) is 0 Å². The minimum Gasteiger partial charge on any atom is -0.332 e. The van der Waals surface area contributed by atoms with Gasteiger partial charge in [-0.15, -0.1) is 6.58 Å². The van der Waals surface area contributed by atoms with Crippen LogP contribution >= 0.6 is 0 Å². The average molecular weight is 388 g/mol. The van der Waals surface area contributed by atoms with Gasteiger partial charge in [-0.05, 0) is 48.7 Å². The minimum atomic E-state index is -3.71. The quantitative estimate of drug-likeness (QED) is 0.773. The van der Waals surface area contributed by atoms with Gasteiger partial charge < -0.3 is 4.90 Å². The Kier molecular flexibility index (Phi) is 5.72. The maximum Gasteiger partial charge on any atom is 0.254 e. The van der Waals surface area contributed by atoms with Crippen LogP contribution in [0.1, 0.15) is 34.8 Å². The van der Waals surface area contributed by atoms with Crippen molar-refractivity contribution in [2.24, 2.45) is 0 Å². The number of carbonyl (C=O) groups is 1. The van der Waals surface area contributed by atoms with Gasteiger partial charge >= 0.3 is 0 Å². The highest BCUT2D eigenvalue weighted by Crippen LogP contribution is 2.33. The van der Waals surface area contributed by atoms with E-state index in [1.54, 1.807) is 29.2 Å². The Hall–Kier alpha value is -2.51. The molecule has 1 saturated heterocycles. The van der Waals surface area contributed by atoms with E-state index in [4.69, 9.17) is 0 Å². The van der Waals surface area contributed by atoms with Gasteiger partial charge in [0.1, 0.15) is 5.82 Å². The number of hydrogen-bond acceptors (Lipinski definition) is 3. The summed E-state index contributed by atoms with van der Waals surface area (Å²) in [6.07, 6.45) is 3.08. The van der Waals surface area contributed by atoms with E-state index < -0.39 is 10.0 Å². The summed E-state index contributed by atoms with van der Waals surface area (Å²) in [6, 6.07) is 12.0. The number of sulfonamides is 1. The Bertz CT molecular complexity index is 942. The highest BCUT2D eigenvalue weighted by molar-refractivity contribution is 7.89. The number of hydrogen-bond donors (Lipinski definition) is 1. The van der Waals surface area contributed by atoms with Gasteiger partial charge in [0.25, 0.3) is 5.91 Å². The van der Waals surface area contributed by atoms with Crippen LogP contribution in [0, 0.1) is 5.82 Å². The number of rotatable bonds is 6. The molecule has 1 aliphatic heterocycles. The predicted molar refractivity (Wildman–Crippen MR) is 101 cm³/mol. The molecule has 1 amide bonds. The average Bonchev–Trinajstić information content (AvgIpc) is 3.16. The first-order valence-corrected chi connectivity index (χ1v) is 10.2. The van der Waals surface area contributed by atoms with Gasteiger partial charge in [-0.3, -0.25) is 4.79 Å². The fourth-order valence-electron chi connectivity index (χ4n) is 3.26. The van der Waals surface area contributed by atoms with Crippen molar-refractivity contribution < 1.29 is 17.6 Å². The summed E-state index contributed by atoms with van der Waals surface area (Å²) in [4.78, 5) is 14.8. The van der Waals surface area contributed by atoms with Gasteiger partial charge in [0.2, 0.25) is 10.0 Å². The van der Waals surface area contributed by atoms with Crippen molar-refractivity contribution in [3.05, 3.63) is 78.1 Å². The smallest absolute Gasteiger partial charge is 0.254 e. The Morgan fingerprint density at radius 3 is 2.70 bits per heavy atom. The van der Waals surface area contributed by atoms with Crippen LogP contribution in [0.25, 0.3) is 0 Å². The van der Waals surface area contributed by atoms with E-state index >= 15 is 0 Å². The first kappa shape index (κ1) is 19.3. The van der Waals surface area contributed by atoms with E-state index in [9.17, 15) is 17.6 Å². The van der Waals surface area contributed by atoms with Gasteiger partial charge in [0, 0.05) is 18.7 Å². The molecule has 1 N–H and O–H groups in total. The van der Waals surface area contributed by atoms with Crippen molar-refractivity contribution in [3.8, 4) is 0 Å². The van der Waals surface area contributed by atoms with Gasteiger partial charge in [0.05, 0.1) is 10.9 Å². The van der Waals surface area contributed by atoms with E-state index in [0.717, 1.165) is 18.4 Å². The Morgan fingerprint density at radius 1 is 1.26 bits per heavy atom. The molecular formula is C20H21FN2O3S. The van der Waals surface area contributed by atoms with Crippen LogP contribution in [0.4, 0.5) is 4.39 Å². The first-order valence-electron chi connectivity index (χ1n) is 8.69. The second-order valence-electron chi connectivity index (χ2n) is 6.38. The maximum atomic E-state index is 13.2. The minimum absolute atomic E-state index is 0.0349. The van der Waals surface area contributed by atoms with Gasteiger partial charge in [-0.1, -0.05) is 24.3 Å². The first-order chi connectivity index (χ1) is 12.9. The molecule has 0 spiro atoms. The summed E-state index contributed by atoms with van der Waals surface area (Å²) < 4.78 is 40.2. The summed E-state index contributed by atoms with van der Waals surface area (Å²) in [5, 5.41) is 0. The third-order valence-electron chi connectivity index (χ3n) is 4.58. The molecule has 2 aromatic rings. The molecule has 0 saturated carbocycles. The number of benzene rings is 2. The second-order valence-corrected chi connectivity index (χ2v) is 8.14. The molecule has 3 rings (SSSR count). The fourth-order valence-corrected chi connectivity index (χ4v) is 4.30. The summed E-state index contributed by atoms with van der Waals surface area (Å²) in [5.74, 6) is -0.554. The van der Waals surface area contributed by atoms with Crippen molar-refractivity contribution in [2.45, 2.75) is 23.8 Å². The van der Waals surface area contributed by atoms with Crippen LogP contribution in [0.3, 0.4) is 0 Å². The van der Waals surface area contributed by atoms with Crippen LogP contribution in [0.5, 0.6) is 0 Å². The monoisotopic (exact) mass is 388 g/mol. The summed E-state index contributed by atoms with van der Waals surface area (Å²) in [6.45, 7) is 4.17. The third-order valence-corrected chi connectivity index (χ3v) is 6.00. The molecule has 1 unspecified atom stereocenters. The Labute approximate surface area is 158 Å². The third kappa shape index (κ3) is 4.26. The van der Waals surface area contributed by atoms with E-state index in [1.165, 1.54) is 30.3 Å². The van der Waals surface area contributed by atoms with Crippen molar-refractivity contribution >= 4 is 15.9 Å². The van der Waals surface area contributed by atoms with Crippen molar-refractivity contribution in [1.29, 1.82) is 0 Å². The number of amides is 1. The molecule has 5 nitrogen and oxygen atoms in total. The number of carbonyl (C=O) groups excluding carboxylic acids is 1. The van der Waals surface area contributed by atoms with E-state index in [-0.39, 0.29) is 29.2 Å². The SMILES string of the molecule is C=CCNS(=O)(=O)c1cccc(C(=O)N2CCCC2c2ccc(F)cc2)c1. The Morgan fingerprint density at radius 2 is 2.00 bits per heavy atom. The highest BCUT2D eigenvalue weighted by atomic mass is 32.2. The number of halogens is 1. The molecule has 0 bridgehead atoms. The molecule has 27 heavy (non-hydrogen) atoms. The lowest BCUT2D eigenvalue weighted by Gasteiger charge is -2.25. The number of nitrogens with one attached hydrogen (secondary N) is 1. The molecule has 7 heteroatoms. The molecule has 0 aliphatic carbocycles. The highest BCUT2D eigenvalue weighted by Gasteiger charge is 2.31. The fraction of sp³-hybridized carbons (Fsp3) is 0.250. The van der Waals surface area contributed by atoms with Crippen LogP contribution in [0.2, 0.25) is 0 Å². The van der Waals surface area contributed by atoms with E-state index in [0.29, 0.717) is 12.1 Å². The lowest BCUT2D eigenvalue weighted by molar-refractivity contribution is 0.0735. The molecule has 1 atom stereocenters. The zero-order valence-electron chi connectivity index (χ0n) is 14.8. The molecule has 0 aromatic heterocycles. The zero-order chi connectivity index (χ0) is 19.4. The summed E-state index contributed by atoms with van der Waals surface area (Å²) in [7, 11) is -3.71. The van der Waals surface area contributed by atoms with Crippen molar-refractivity contribution in [1.82, 2.24) is 9.62 Å². The van der Waals surface area contributed by atoms with Crippen LogP contribution in [0.15, 0.2) is 66.1 Å². The number of nitrogens with zero attached hydrogens (tertiary/aromatic N) is 1. The predicted octanol–water partition coefficient (Wildman–Crippen LogP) is 3.27. The topological polar surface area (TPSA) is 66.5 Å². The second kappa shape index (κ2) is 8.02. The molecule has 142 valence electrons. The van der Waals surface area contributed by atoms with Crippen molar-refractivity contribution in [3.63, 3.8) is 0 Å². The van der Waals surface area contributed by atoms with Crippen LogP contribution in [-0.2, 0) is 10.0 Å². The van der Waals surface area contributed by atoms with Crippen LogP contribution in [-0.4, -0.2) is 32.3 Å². The zero-order valence-corrected chi connectivity index (χ0v) is 15.6. The lowest BCUT2D eigenvalue weighted by atomic mass is 10.0. The molecular weight excluding hydrogens is 367 g/mol. The summed E-state index contributed by atoms with van der Waals surface area (Å²) in [5.41, 5.74) is 1.18. The molecule has 1 heterocycles. The lowest BCUT2D eigenvalue weighted by Crippen LogP contribution is -2.31. The maximum absolute atomic E-state index is 13.2. The molecule has 1 aliphatic rings. The Balaban J connectivity index is 1.86. The van der Waals surface area contributed by atoms with Crippen molar-refractivity contribution in [2.75, 3.05) is 13.1 Å². The van der Waals surface area contributed by atoms with E-state index in [1.807, 2.05) is 0 Å². The normalized spacial score (nSPS) is 17.1. The number of likely N-dealkylation sites (tertiary alicyclic amines) is 1. The molecule has 0 radical (unpaired) electrons. The van der Waals surface area contributed by atoms with Gasteiger partial charge in [-0.2, -0.15) is 0 Å². The van der Waals surface area contributed by atoms with Gasteiger partial charge in [-0.25, -0.2) is 17.5 Å². The van der Waals surface area contributed by atoms with Crippen LogP contribution < -0.4 is 4.72 Å². The van der Waals surface area contributed by atoms with E-state index in [2.05, 4.69) is 11.3 Å². The molecule has 2 aromatic carbocycles. The largest absolute Gasteiger partial charge is 0.332 e. The molecule has 1 fully saturated rings.